The van der Waals surface area contributed by atoms with E-state index in [0.29, 0.717) is 11.5 Å². The second-order valence-electron chi connectivity index (χ2n) is 4.17. The van der Waals surface area contributed by atoms with Gasteiger partial charge in [0.15, 0.2) is 0 Å². The number of aromatic nitrogens is 2. The highest BCUT2D eigenvalue weighted by Crippen LogP contribution is 2.21. The van der Waals surface area contributed by atoms with Crippen molar-refractivity contribution in [2.45, 2.75) is 13.5 Å². The fourth-order valence-corrected chi connectivity index (χ4v) is 2.01. The van der Waals surface area contributed by atoms with Crippen molar-refractivity contribution < 1.29 is 0 Å². The summed E-state index contributed by atoms with van der Waals surface area (Å²) in [4.78, 5) is 4.68. The van der Waals surface area contributed by atoms with E-state index in [2.05, 4.69) is 10.3 Å². The minimum atomic E-state index is 0.404. The summed E-state index contributed by atoms with van der Waals surface area (Å²) in [5, 5.41) is 3.36. The highest BCUT2D eigenvalue weighted by atomic mass is 32.1. The summed E-state index contributed by atoms with van der Waals surface area (Å²) < 4.78 is 1.98. The van der Waals surface area contributed by atoms with Crippen molar-refractivity contribution in [2.24, 2.45) is 12.8 Å². The molecule has 0 radical (unpaired) electrons. The van der Waals surface area contributed by atoms with Crippen LogP contribution in [0.2, 0.25) is 0 Å². The molecule has 0 saturated heterocycles. The molecule has 0 spiro atoms. The number of para-hydroxylation sites is 1. The summed E-state index contributed by atoms with van der Waals surface area (Å²) in [6.45, 7) is 2.67. The van der Waals surface area contributed by atoms with Gasteiger partial charge >= 0.3 is 0 Å². The topological polar surface area (TPSA) is 55.9 Å². The molecule has 0 aliphatic heterocycles. The smallest absolute Gasteiger partial charge is 0.127 e. The number of nitrogens with zero attached hydrogens (tertiary/aromatic N) is 2. The molecule has 0 unspecified atom stereocenters. The van der Waals surface area contributed by atoms with E-state index in [1.54, 1.807) is 6.20 Å². The second kappa shape index (κ2) is 5.18. The molecule has 0 aliphatic rings. The molecular weight excluding hydrogens is 244 g/mol. The zero-order valence-corrected chi connectivity index (χ0v) is 11.3. The van der Waals surface area contributed by atoms with Gasteiger partial charge in [0.1, 0.15) is 10.8 Å². The van der Waals surface area contributed by atoms with Crippen LogP contribution < -0.4 is 11.1 Å². The zero-order valence-electron chi connectivity index (χ0n) is 10.5. The Balaban J connectivity index is 2.24. The SMILES string of the molecule is Cc1cccc(C(N)=S)c1NCc1nccn1C. The predicted octanol–water partition coefficient (Wildman–Crippen LogP) is 1.97. The quantitative estimate of drug-likeness (QED) is 0.825. The Morgan fingerprint density at radius 2 is 2.28 bits per heavy atom. The van der Waals surface area contributed by atoms with Crippen molar-refractivity contribution in [1.29, 1.82) is 0 Å². The van der Waals surface area contributed by atoms with E-state index in [0.717, 1.165) is 22.6 Å². The van der Waals surface area contributed by atoms with Crippen LogP contribution in [-0.4, -0.2) is 14.5 Å². The first-order chi connectivity index (χ1) is 8.59. The third kappa shape index (κ3) is 2.51. The maximum Gasteiger partial charge on any atom is 0.127 e. The van der Waals surface area contributed by atoms with Crippen molar-refractivity contribution >= 4 is 22.9 Å². The molecule has 0 bridgehead atoms. The molecule has 0 amide bonds. The summed E-state index contributed by atoms with van der Waals surface area (Å²) >= 11 is 5.07. The summed E-state index contributed by atoms with van der Waals surface area (Å²) in [6, 6.07) is 5.91. The van der Waals surface area contributed by atoms with Gasteiger partial charge in [-0.3, -0.25) is 0 Å². The van der Waals surface area contributed by atoms with Crippen molar-refractivity contribution in [1.82, 2.24) is 9.55 Å². The highest BCUT2D eigenvalue weighted by Gasteiger charge is 2.08. The lowest BCUT2D eigenvalue weighted by atomic mass is 10.1. The molecule has 2 aromatic rings. The van der Waals surface area contributed by atoms with Crippen molar-refractivity contribution in [3.05, 3.63) is 47.5 Å². The predicted molar refractivity (Wildman–Crippen MR) is 77.6 cm³/mol. The van der Waals surface area contributed by atoms with Crippen LogP contribution in [0.1, 0.15) is 17.0 Å². The average Bonchev–Trinajstić information content (AvgIpc) is 2.73. The molecule has 94 valence electrons. The third-order valence-electron chi connectivity index (χ3n) is 2.88. The maximum absolute atomic E-state index is 5.73. The van der Waals surface area contributed by atoms with Crippen LogP contribution in [0.25, 0.3) is 0 Å². The number of benzene rings is 1. The van der Waals surface area contributed by atoms with Gasteiger partial charge in [-0.15, -0.1) is 0 Å². The molecule has 4 nitrogen and oxygen atoms in total. The highest BCUT2D eigenvalue weighted by molar-refractivity contribution is 7.80. The Kier molecular flexibility index (Phi) is 3.62. The molecule has 2 rings (SSSR count). The van der Waals surface area contributed by atoms with Gasteiger partial charge in [0.05, 0.1) is 6.54 Å². The number of thiocarbonyl (C=S) groups is 1. The molecule has 1 heterocycles. The van der Waals surface area contributed by atoms with Gasteiger partial charge in [0.25, 0.3) is 0 Å². The molecule has 3 N–H and O–H groups in total. The fraction of sp³-hybridized carbons (Fsp3) is 0.231. The molecule has 0 saturated carbocycles. The lowest BCUT2D eigenvalue weighted by Gasteiger charge is -2.13. The average molecular weight is 260 g/mol. The first kappa shape index (κ1) is 12.6. The first-order valence-corrected chi connectivity index (χ1v) is 6.10. The van der Waals surface area contributed by atoms with Crippen LogP contribution in [0.5, 0.6) is 0 Å². The Labute approximate surface area is 112 Å². The number of aryl methyl sites for hydroxylation is 2. The van der Waals surface area contributed by atoms with Gasteiger partial charge in [-0.25, -0.2) is 4.98 Å². The molecule has 1 aromatic heterocycles. The number of imidazole rings is 1. The lowest BCUT2D eigenvalue weighted by molar-refractivity contribution is 0.812. The summed E-state index contributed by atoms with van der Waals surface area (Å²) in [6.07, 6.45) is 3.70. The summed E-state index contributed by atoms with van der Waals surface area (Å²) in [7, 11) is 1.97. The molecule has 18 heavy (non-hydrogen) atoms. The molecule has 1 aromatic carbocycles. The third-order valence-corrected chi connectivity index (χ3v) is 3.10. The number of rotatable bonds is 4. The van der Waals surface area contributed by atoms with E-state index < -0.39 is 0 Å². The molecular formula is C13H16N4S. The van der Waals surface area contributed by atoms with Crippen LogP contribution in [0.4, 0.5) is 5.69 Å². The van der Waals surface area contributed by atoms with E-state index >= 15 is 0 Å². The Bertz CT molecular complexity index is 574. The van der Waals surface area contributed by atoms with E-state index in [4.69, 9.17) is 18.0 Å². The zero-order chi connectivity index (χ0) is 13.1. The second-order valence-corrected chi connectivity index (χ2v) is 4.61. The monoisotopic (exact) mass is 260 g/mol. The van der Waals surface area contributed by atoms with Crippen LogP contribution >= 0.6 is 12.2 Å². The van der Waals surface area contributed by atoms with Crippen LogP contribution in [0, 0.1) is 6.92 Å². The fourth-order valence-electron chi connectivity index (χ4n) is 1.84. The van der Waals surface area contributed by atoms with Crippen LogP contribution in [0.15, 0.2) is 30.6 Å². The Morgan fingerprint density at radius 1 is 1.50 bits per heavy atom. The van der Waals surface area contributed by atoms with Gasteiger partial charge in [-0.2, -0.15) is 0 Å². The first-order valence-electron chi connectivity index (χ1n) is 5.69. The van der Waals surface area contributed by atoms with E-state index in [-0.39, 0.29) is 0 Å². The Hall–Kier alpha value is -1.88. The van der Waals surface area contributed by atoms with Crippen molar-refractivity contribution in [3.8, 4) is 0 Å². The van der Waals surface area contributed by atoms with E-state index in [1.807, 2.05) is 42.9 Å². The number of nitrogens with two attached hydrogens (primary N) is 1. The summed E-state index contributed by atoms with van der Waals surface area (Å²) in [5.74, 6) is 0.965. The van der Waals surface area contributed by atoms with Crippen LogP contribution in [-0.2, 0) is 13.6 Å². The molecule has 0 fully saturated rings. The van der Waals surface area contributed by atoms with E-state index in [1.165, 1.54) is 0 Å². The lowest BCUT2D eigenvalue weighted by Crippen LogP contribution is -2.15. The summed E-state index contributed by atoms with van der Waals surface area (Å²) in [5.41, 5.74) is 8.71. The minimum Gasteiger partial charge on any atom is -0.389 e. The molecule has 5 heteroatoms. The number of hydrogen-bond acceptors (Lipinski definition) is 3. The number of nitrogens with one attached hydrogen (secondary N) is 1. The maximum atomic E-state index is 5.73. The number of anilines is 1. The van der Waals surface area contributed by atoms with Gasteiger partial charge in [0.2, 0.25) is 0 Å². The van der Waals surface area contributed by atoms with Gasteiger partial charge < -0.3 is 15.6 Å². The van der Waals surface area contributed by atoms with Gasteiger partial charge in [-0.1, -0.05) is 24.4 Å². The molecule has 0 atom stereocenters. The molecule has 0 aliphatic carbocycles. The van der Waals surface area contributed by atoms with Gasteiger partial charge in [0, 0.05) is 30.7 Å². The number of hydrogen-bond donors (Lipinski definition) is 2. The Morgan fingerprint density at radius 3 is 2.89 bits per heavy atom. The van der Waals surface area contributed by atoms with E-state index in [9.17, 15) is 0 Å². The van der Waals surface area contributed by atoms with Gasteiger partial charge in [-0.05, 0) is 18.6 Å². The van der Waals surface area contributed by atoms with Crippen molar-refractivity contribution in [3.63, 3.8) is 0 Å². The van der Waals surface area contributed by atoms with Crippen LogP contribution in [0.3, 0.4) is 0 Å². The minimum absolute atomic E-state index is 0.404. The normalized spacial score (nSPS) is 10.3. The van der Waals surface area contributed by atoms with Crippen molar-refractivity contribution in [2.75, 3.05) is 5.32 Å². The largest absolute Gasteiger partial charge is 0.389 e. The standard InChI is InChI=1S/C13H16N4S/c1-9-4-3-5-10(13(14)18)12(9)16-8-11-15-6-7-17(11)2/h3-7,16H,8H2,1-2H3,(H2,14,18).